The number of thiazole rings is 1. The first kappa shape index (κ1) is 27.3. The van der Waals surface area contributed by atoms with Gasteiger partial charge in [-0.2, -0.15) is 0 Å². The average molecular weight is 561 g/mol. The second-order valence-corrected chi connectivity index (χ2v) is 10.6. The number of rotatable bonds is 8. The second-order valence-electron chi connectivity index (χ2n) is 9.59. The standard InChI is InChI=1S/C31H29FN2O5S/c1-5-13-39-22-12-9-20(16-23(22)38-6-2)27-25(28(35)19-7-10-21(32)11-8-19)29(36)30(37)34(27)31-33-26-18(4)14-17(3)15-24(26)40-31/h7-12,14-16,27,35H,5-6,13H2,1-4H3. The van der Waals surface area contributed by atoms with Gasteiger partial charge in [-0.15, -0.1) is 0 Å². The number of carbonyl (C=O) groups excluding carboxylic acids is 2. The number of ether oxygens (including phenoxy) is 2. The van der Waals surface area contributed by atoms with Crippen LogP contribution in [0.3, 0.4) is 0 Å². The number of ketones is 1. The quantitative estimate of drug-likeness (QED) is 0.144. The van der Waals surface area contributed by atoms with E-state index in [9.17, 15) is 19.1 Å². The molecule has 3 aromatic carbocycles. The van der Waals surface area contributed by atoms with E-state index in [2.05, 4.69) is 0 Å². The molecular weight excluding hydrogens is 531 g/mol. The molecule has 1 atom stereocenters. The molecule has 1 fully saturated rings. The zero-order valence-electron chi connectivity index (χ0n) is 22.7. The van der Waals surface area contributed by atoms with Gasteiger partial charge in [-0.25, -0.2) is 9.37 Å². The topological polar surface area (TPSA) is 89.0 Å². The molecule has 1 unspecified atom stereocenters. The molecule has 1 aromatic heterocycles. The lowest BCUT2D eigenvalue weighted by Crippen LogP contribution is -2.29. The molecule has 40 heavy (non-hydrogen) atoms. The Kier molecular flexibility index (Phi) is 7.58. The summed E-state index contributed by atoms with van der Waals surface area (Å²) in [4.78, 5) is 33.2. The van der Waals surface area contributed by atoms with Gasteiger partial charge in [0.25, 0.3) is 5.78 Å². The SMILES string of the molecule is CCCOc1ccc(C2C(=C(O)c3ccc(F)cc3)C(=O)C(=O)N2c2nc3c(C)cc(C)cc3s2)cc1OCC. The van der Waals surface area contributed by atoms with Crippen molar-refractivity contribution in [3.8, 4) is 11.5 Å². The Bertz CT molecular complexity index is 1640. The van der Waals surface area contributed by atoms with Crippen molar-refractivity contribution in [1.29, 1.82) is 0 Å². The Morgan fingerprint density at radius 1 is 1.02 bits per heavy atom. The predicted molar refractivity (Wildman–Crippen MR) is 154 cm³/mol. The highest BCUT2D eigenvalue weighted by molar-refractivity contribution is 7.22. The van der Waals surface area contributed by atoms with Crippen LogP contribution >= 0.6 is 11.3 Å². The number of aliphatic hydroxyl groups excluding tert-OH is 1. The fourth-order valence-electron chi connectivity index (χ4n) is 4.86. The molecule has 1 aliphatic rings. The van der Waals surface area contributed by atoms with Gasteiger partial charge in [0.15, 0.2) is 16.6 Å². The number of amides is 1. The fraction of sp³-hybridized carbons (Fsp3) is 0.258. The molecule has 4 aromatic rings. The Morgan fingerprint density at radius 2 is 1.77 bits per heavy atom. The number of halogens is 1. The van der Waals surface area contributed by atoms with Crippen LogP contribution in [-0.4, -0.2) is 35.0 Å². The number of aryl methyl sites for hydroxylation is 2. The monoisotopic (exact) mass is 560 g/mol. The number of hydrogen-bond acceptors (Lipinski definition) is 7. The molecular formula is C31H29FN2O5S. The van der Waals surface area contributed by atoms with E-state index in [1.54, 1.807) is 18.2 Å². The van der Waals surface area contributed by atoms with Crippen LogP contribution in [-0.2, 0) is 9.59 Å². The van der Waals surface area contributed by atoms with Gasteiger partial charge in [-0.05, 0) is 86.3 Å². The lowest BCUT2D eigenvalue weighted by atomic mass is 9.95. The van der Waals surface area contributed by atoms with Gasteiger partial charge in [0.2, 0.25) is 0 Å². The van der Waals surface area contributed by atoms with Crippen molar-refractivity contribution >= 4 is 44.1 Å². The molecule has 9 heteroatoms. The fourth-order valence-corrected chi connectivity index (χ4v) is 6.03. The number of nitrogens with zero attached hydrogens (tertiary/aromatic N) is 2. The summed E-state index contributed by atoms with van der Waals surface area (Å²) in [7, 11) is 0. The third kappa shape index (κ3) is 4.93. The minimum atomic E-state index is -1.01. The van der Waals surface area contributed by atoms with Crippen molar-refractivity contribution in [3.63, 3.8) is 0 Å². The van der Waals surface area contributed by atoms with Crippen molar-refractivity contribution in [1.82, 2.24) is 4.98 Å². The van der Waals surface area contributed by atoms with Crippen LogP contribution in [0.15, 0.2) is 60.2 Å². The molecule has 1 saturated heterocycles. The summed E-state index contributed by atoms with van der Waals surface area (Å²) in [5.74, 6) is -1.57. The molecule has 2 heterocycles. The van der Waals surface area contributed by atoms with Crippen LogP contribution in [0.2, 0.25) is 0 Å². The summed E-state index contributed by atoms with van der Waals surface area (Å²) in [5.41, 5.74) is 3.37. The van der Waals surface area contributed by atoms with Crippen molar-refractivity contribution in [3.05, 3.63) is 88.2 Å². The van der Waals surface area contributed by atoms with E-state index < -0.39 is 29.3 Å². The zero-order chi connectivity index (χ0) is 28.6. The summed E-state index contributed by atoms with van der Waals surface area (Å²) in [6.45, 7) is 8.65. The van der Waals surface area contributed by atoms with E-state index >= 15 is 0 Å². The Labute approximate surface area is 235 Å². The van der Waals surface area contributed by atoms with Crippen LogP contribution < -0.4 is 14.4 Å². The van der Waals surface area contributed by atoms with Gasteiger partial charge >= 0.3 is 5.91 Å². The Hall–Kier alpha value is -4.24. The van der Waals surface area contributed by atoms with Crippen LogP contribution in [0.4, 0.5) is 9.52 Å². The first-order valence-corrected chi connectivity index (χ1v) is 13.9. The van der Waals surface area contributed by atoms with E-state index in [1.807, 2.05) is 39.8 Å². The van der Waals surface area contributed by atoms with Gasteiger partial charge in [0, 0.05) is 5.56 Å². The Morgan fingerprint density at radius 3 is 2.48 bits per heavy atom. The van der Waals surface area contributed by atoms with Gasteiger partial charge in [0.05, 0.1) is 35.0 Å². The van der Waals surface area contributed by atoms with E-state index in [1.165, 1.54) is 40.5 Å². The number of anilines is 1. The number of aliphatic hydroxyl groups is 1. The van der Waals surface area contributed by atoms with Crippen molar-refractivity contribution in [2.75, 3.05) is 18.1 Å². The van der Waals surface area contributed by atoms with Crippen LogP contribution in [0.1, 0.15) is 48.6 Å². The molecule has 5 rings (SSSR count). The molecule has 7 nitrogen and oxygen atoms in total. The molecule has 0 spiro atoms. The lowest BCUT2D eigenvalue weighted by molar-refractivity contribution is -0.132. The summed E-state index contributed by atoms with van der Waals surface area (Å²) < 4.78 is 26.2. The molecule has 0 saturated carbocycles. The smallest absolute Gasteiger partial charge is 0.301 e. The van der Waals surface area contributed by atoms with Crippen LogP contribution in [0.5, 0.6) is 11.5 Å². The molecule has 0 bridgehead atoms. The molecule has 1 amide bonds. The van der Waals surface area contributed by atoms with Gasteiger partial charge in [0.1, 0.15) is 11.6 Å². The van der Waals surface area contributed by atoms with E-state index in [4.69, 9.17) is 14.5 Å². The van der Waals surface area contributed by atoms with E-state index in [-0.39, 0.29) is 11.1 Å². The number of benzene rings is 3. The number of aromatic nitrogens is 1. The third-order valence-corrected chi connectivity index (χ3v) is 7.63. The summed E-state index contributed by atoms with van der Waals surface area (Å²) in [6, 6.07) is 13.3. The van der Waals surface area contributed by atoms with Crippen molar-refractivity contribution < 1.29 is 28.6 Å². The normalized spacial score (nSPS) is 16.6. The maximum atomic E-state index is 13.6. The van der Waals surface area contributed by atoms with E-state index in [0.29, 0.717) is 35.4 Å². The minimum Gasteiger partial charge on any atom is -0.507 e. The van der Waals surface area contributed by atoms with Crippen LogP contribution in [0, 0.1) is 19.7 Å². The maximum Gasteiger partial charge on any atom is 0.301 e. The average Bonchev–Trinajstić information content (AvgIpc) is 3.46. The second kappa shape index (κ2) is 11.1. The molecule has 1 aliphatic heterocycles. The first-order chi connectivity index (χ1) is 19.2. The largest absolute Gasteiger partial charge is 0.507 e. The maximum absolute atomic E-state index is 13.6. The summed E-state index contributed by atoms with van der Waals surface area (Å²) in [5, 5.41) is 11.7. The number of carbonyl (C=O) groups is 2. The Balaban J connectivity index is 1.73. The van der Waals surface area contributed by atoms with Crippen molar-refractivity contribution in [2.24, 2.45) is 0 Å². The number of hydrogen-bond donors (Lipinski definition) is 1. The highest BCUT2D eigenvalue weighted by Crippen LogP contribution is 2.46. The predicted octanol–water partition coefficient (Wildman–Crippen LogP) is 6.87. The minimum absolute atomic E-state index is 0.117. The van der Waals surface area contributed by atoms with Gasteiger partial charge in [-0.3, -0.25) is 14.5 Å². The highest BCUT2D eigenvalue weighted by atomic mass is 32.1. The van der Waals surface area contributed by atoms with Gasteiger partial charge < -0.3 is 14.6 Å². The molecule has 0 aliphatic carbocycles. The highest BCUT2D eigenvalue weighted by Gasteiger charge is 2.48. The van der Waals surface area contributed by atoms with Crippen LogP contribution in [0.25, 0.3) is 16.0 Å². The van der Waals surface area contributed by atoms with Crippen molar-refractivity contribution in [2.45, 2.75) is 40.2 Å². The first-order valence-electron chi connectivity index (χ1n) is 13.1. The molecule has 0 radical (unpaired) electrons. The molecule has 1 N–H and O–H groups in total. The van der Waals surface area contributed by atoms with E-state index in [0.717, 1.165) is 27.8 Å². The van der Waals surface area contributed by atoms with Gasteiger partial charge in [-0.1, -0.05) is 30.4 Å². The summed E-state index contributed by atoms with van der Waals surface area (Å²) >= 11 is 1.30. The molecule has 206 valence electrons. The lowest BCUT2D eigenvalue weighted by Gasteiger charge is -2.24. The summed E-state index contributed by atoms with van der Waals surface area (Å²) in [6.07, 6.45) is 0.807. The number of Topliss-reactive ketones (excluding diaryl/α,β-unsaturated/α-hetero) is 1. The number of fused-ring (bicyclic) bond motifs is 1. The zero-order valence-corrected chi connectivity index (χ0v) is 23.5. The third-order valence-electron chi connectivity index (χ3n) is 6.63.